The summed E-state index contributed by atoms with van der Waals surface area (Å²) in [7, 11) is 0.341. The van der Waals surface area contributed by atoms with Crippen LogP contribution in [-0.2, 0) is 14.3 Å². The number of rotatable bonds is 0. The Morgan fingerprint density at radius 3 is 2.83 bits per heavy atom. The summed E-state index contributed by atoms with van der Waals surface area (Å²) in [6, 6.07) is 0. The van der Waals surface area contributed by atoms with Crippen molar-refractivity contribution in [3.8, 4) is 0 Å². The largest absolute Gasteiger partial charge is 0.281 e. The molecule has 6 heavy (non-hydrogen) atoms. The van der Waals surface area contributed by atoms with Crippen molar-refractivity contribution in [2.24, 2.45) is 0 Å². The molecule has 0 bridgehead atoms. The van der Waals surface area contributed by atoms with Crippen LogP contribution < -0.4 is 0 Å². The van der Waals surface area contributed by atoms with Crippen molar-refractivity contribution in [1.29, 1.82) is 0 Å². The lowest BCUT2D eigenvalue weighted by Crippen LogP contribution is -1.80. The van der Waals surface area contributed by atoms with Gasteiger partial charge in [0.05, 0.1) is 6.61 Å². The van der Waals surface area contributed by atoms with E-state index in [-0.39, 0.29) is 0 Å². The molecule has 2 nitrogen and oxygen atoms in total. The van der Waals surface area contributed by atoms with Crippen molar-refractivity contribution in [3.05, 3.63) is 0 Å². The Morgan fingerprint density at radius 1 is 1.83 bits per heavy atom. The number of hydrogen-bond acceptors (Lipinski definition) is 3. The van der Waals surface area contributed by atoms with Crippen LogP contribution in [0.5, 0.6) is 0 Å². The van der Waals surface area contributed by atoms with Gasteiger partial charge in [-0.1, -0.05) is 0 Å². The molecule has 1 fully saturated rings. The van der Waals surface area contributed by atoms with Gasteiger partial charge < -0.3 is 0 Å². The van der Waals surface area contributed by atoms with E-state index in [0.29, 0.717) is 6.61 Å². The Kier molecular flexibility index (Phi) is 1.50. The highest BCUT2D eigenvalue weighted by Crippen LogP contribution is 2.15. The highest BCUT2D eigenvalue weighted by molar-refractivity contribution is 8.67. The zero-order valence-electron chi connectivity index (χ0n) is 3.05. The summed E-state index contributed by atoms with van der Waals surface area (Å²) in [4.78, 5) is 0. The second-order valence-electron chi connectivity index (χ2n) is 0.848. The molecule has 36 valence electrons. The van der Waals surface area contributed by atoms with Gasteiger partial charge in [0.1, 0.15) is 0 Å². The van der Waals surface area contributed by atoms with Gasteiger partial charge in [-0.3, -0.25) is 4.18 Å². The van der Waals surface area contributed by atoms with Gasteiger partial charge in [-0.2, -0.15) is 0 Å². The lowest BCUT2D eigenvalue weighted by atomic mass is 10.9. The fourth-order valence-corrected chi connectivity index (χ4v) is 1.94. The molecule has 1 unspecified atom stereocenters. The summed E-state index contributed by atoms with van der Waals surface area (Å²) in [6.07, 6.45) is 0. The van der Waals surface area contributed by atoms with Crippen molar-refractivity contribution in [2.45, 2.75) is 0 Å². The second-order valence-corrected chi connectivity index (χ2v) is 3.66. The summed E-state index contributed by atoms with van der Waals surface area (Å²) in [5.74, 6) is 0.882. The molecule has 1 saturated heterocycles. The third-order valence-electron chi connectivity index (χ3n) is 0.442. The molecular weight excluding hydrogens is 120 g/mol. The van der Waals surface area contributed by atoms with Gasteiger partial charge in [0, 0.05) is 5.75 Å². The topological polar surface area (TPSA) is 26.3 Å². The molecule has 1 rings (SSSR count). The first-order chi connectivity index (χ1) is 2.89. The molecule has 1 aliphatic heterocycles. The lowest BCUT2D eigenvalue weighted by Gasteiger charge is -1.76. The zero-order valence-corrected chi connectivity index (χ0v) is 4.68. The van der Waals surface area contributed by atoms with Crippen LogP contribution in [0.1, 0.15) is 0 Å². The van der Waals surface area contributed by atoms with E-state index in [1.807, 2.05) is 0 Å². The standard InChI is InChI=1S/C2H4O2S2/c3-6-4-1-2-5-6/h1-2H2. The summed E-state index contributed by atoms with van der Waals surface area (Å²) in [5, 5.41) is 0. The minimum atomic E-state index is -1.01. The van der Waals surface area contributed by atoms with Crippen LogP contribution in [0, 0.1) is 0 Å². The normalized spacial score (nSPS) is 34.3. The molecule has 0 N–H and O–H groups in total. The Labute approximate surface area is 42.3 Å². The SMILES string of the molecule is O=S1OCCS1. The van der Waals surface area contributed by atoms with E-state index in [4.69, 9.17) is 0 Å². The van der Waals surface area contributed by atoms with E-state index < -0.39 is 10.1 Å². The maximum atomic E-state index is 10.1. The first-order valence-electron chi connectivity index (χ1n) is 1.58. The smallest absolute Gasteiger partial charge is 0.219 e. The average Bonchev–Trinajstić information content (AvgIpc) is 1.86. The van der Waals surface area contributed by atoms with Crippen LogP contribution in [0.25, 0.3) is 0 Å². The Bertz CT molecular complexity index is 63.9. The van der Waals surface area contributed by atoms with Crippen LogP contribution >= 0.6 is 10.8 Å². The molecule has 4 heteroatoms. The van der Waals surface area contributed by atoms with Crippen molar-refractivity contribution in [1.82, 2.24) is 0 Å². The molecule has 0 aromatic heterocycles. The minimum Gasteiger partial charge on any atom is -0.281 e. The maximum Gasteiger partial charge on any atom is 0.219 e. The second kappa shape index (κ2) is 1.95. The zero-order chi connectivity index (χ0) is 4.41. The van der Waals surface area contributed by atoms with E-state index in [2.05, 4.69) is 4.18 Å². The molecule has 0 aromatic carbocycles. The van der Waals surface area contributed by atoms with E-state index in [1.165, 1.54) is 10.8 Å². The van der Waals surface area contributed by atoms with Gasteiger partial charge in [-0.25, -0.2) is 4.21 Å². The third kappa shape index (κ3) is 0.959. The molecule has 1 atom stereocenters. The predicted molar refractivity (Wildman–Crippen MR) is 26.6 cm³/mol. The Balaban J connectivity index is 2.37. The molecular formula is C2H4O2S2. The Morgan fingerprint density at radius 2 is 2.67 bits per heavy atom. The molecule has 1 aliphatic rings. The first-order valence-corrected chi connectivity index (χ1v) is 4.15. The van der Waals surface area contributed by atoms with Crippen molar-refractivity contribution >= 4 is 20.9 Å². The van der Waals surface area contributed by atoms with Gasteiger partial charge in [0.25, 0.3) is 0 Å². The Hall–Kier alpha value is 0.460. The van der Waals surface area contributed by atoms with Gasteiger partial charge in [0.15, 0.2) is 0 Å². The van der Waals surface area contributed by atoms with E-state index in [9.17, 15) is 4.21 Å². The monoisotopic (exact) mass is 124 g/mol. The quantitative estimate of drug-likeness (QED) is 0.435. The fourth-order valence-electron chi connectivity index (χ4n) is 0.238. The highest BCUT2D eigenvalue weighted by atomic mass is 33.1. The lowest BCUT2D eigenvalue weighted by molar-refractivity contribution is 0.393. The van der Waals surface area contributed by atoms with Crippen LogP contribution in [0.2, 0.25) is 0 Å². The van der Waals surface area contributed by atoms with E-state index in [1.54, 1.807) is 0 Å². The van der Waals surface area contributed by atoms with Crippen LogP contribution in [0.4, 0.5) is 0 Å². The first kappa shape index (κ1) is 4.61. The molecule has 1 heterocycles. The van der Waals surface area contributed by atoms with Crippen LogP contribution in [0.15, 0.2) is 0 Å². The molecule has 0 radical (unpaired) electrons. The summed E-state index contributed by atoms with van der Waals surface area (Å²) in [6.45, 7) is 0.650. The summed E-state index contributed by atoms with van der Waals surface area (Å²) >= 11 is 0. The highest BCUT2D eigenvalue weighted by Gasteiger charge is 2.07. The van der Waals surface area contributed by atoms with Crippen molar-refractivity contribution in [2.75, 3.05) is 12.4 Å². The third-order valence-corrected chi connectivity index (χ3v) is 2.69. The molecule has 0 aromatic rings. The van der Waals surface area contributed by atoms with E-state index >= 15 is 0 Å². The van der Waals surface area contributed by atoms with Gasteiger partial charge in [-0.05, 0) is 10.8 Å². The minimum absolute atomic E-state index is 0.650. The molecule has 0 saturated carbocycles. The molecule has 0 aliphatic carbocycles. The van der Waals surface area contributed by atoms with E-state index in [0.717, 1.165) is 5.75 Å². The van der Waals surface area contributed by atoms with Gasteiger partial charge in [0.2, 0.25) is 10.1 Å². The van der Waals surface area contributed by atoms with Crippen LogP contribution in [-0.4, -0.2) is 16.6 Å². The maximum absolute atomic E-state index is 10.1. The van der Waals surface area contributed by atoms with Gasteiger partial charge in [-0.15, -0.1) is 0 Å². The summed E-state index contributed by atoms with van der Waals surface area (Å²) in [5.41, 5.74) is 0. The molecule has 0 spiro atoms. The van der Waals surface area contributed by atoms with Gasteiger partial charge >= 0.3 is 0 Å². The average molecular weight is 124 g/mol. The number of hydrogen-bond donors (Lipinski definition) is 0. The van der Waals surface area contributed by atoms with Crippen molar-refractivity contribution in [3.63, 3.8) is 0 Å². The predicted octanol–water partition coefficient (Wildman–Crippen LogP) is 0.329. The van der Waals surface area contributed by atoms with Crippen LogP contribution in [0.3, 0.4) is 0 Å². The van der Waals surface area contributed by atoms with Crippen molar-refractivity contribution < 1.29 is 8.39 Å². The summed E-state index contributed by atoms with van der Waals surface area (Å²) < 4.78 is 14.7. The fraction of sp³-hybridized carbons (Fsp3) is 1.00. The molecule has 0 amide bonds.